The van der Waals surface area contributed by atoms with Crippen molar-refractivity contribution in [1.82, 2.24) is 0 Å². The third-order valence-electron chi connectivity index (χ3n) is 4.35. The predicted molar refractivity (Wildman–Crippen MR) is 110 cm³/mol. The molecule has 0 aliphatic heterocycles. The molecule has 3 nitrogen and oxygen atoms in total. The van der Waals surface area contributed by atoms with Crippen molar-refractivity contribution >= 4 is 29.1 Å². The Morgan fingerprint density at radius 3 is 1.46 bits per heavy atom. The van der Waals surface area contributed by atoms with Gasteiger partial charge in [0, 0.05) is 13.7 Å². The van der Waals surface area contributed by atoms with Gasteiger partial charge < -0.3 is 9.05 Å². The molecule has 26 heavy (non-hydrogen) atoms. The molecular formula is C22H20NO2P. The number of fused-ring (bicyclic) bond motifs is 2. The van der Waals surface area contributed by atoms with Crippen LogP contribution in [0.2, 0.25) is 0 Å². The molecule has 0 fully saturated rings. The fourth-order valence-corrected chi connectivity index (χ4v) is 4.15. The molecule has 0 spiro atoms. The van der Waals surface area contributed by atoms with Crippen molar-refractivity contribution in [1.29, 1.82) is 0 Å². The van der Waals surface area contributed by atoms with E-state index in [0.717, 1.165) is 22.3 Å². The van der Waals surface area contributed by atoms with Gasteiger partial charge >= 0.3 is 7.51 Å². The van der Waals surface area contributed by atoms with Gasteiger partial charge in [0.25, 0.3) is 0 Å². The van der Waals surface area contributed by atoms with E-state index < -0.39 is 7.51 Å². The maximum absolute atomic E-state index is 6.20. The zero-order chi connectivity index (χ0) is 18.0. The molecule has 0 amide bonds. The van der Waals surface area contributed by atoms with Gasteiger partial charge in [0.2, 0.25) is 0 Å². The van der Waals surface area contributed by atoms with Crippen LogP contribution in [0.25, 0.3) is 21.5 Å². The second-order valence-corrected chi connectivity index (χ2v) is 8.57. The first-order valence-corrected chi connectivity index (χ1v) is 10.5. The Morgan fingerprint density at radius 1 is 0.615 bits per heavy atom. The highest BCUT2D eigenvalue weighted by Crippen LogP contribution is 2.48. The molecule has 0 aliphatic rings. The van der Waals surface area contributed by atoms with Gasteiger partial charge in [-0.1, -0.05) is 60.7 Å². The van der Waals surface area contributed by atoms with Crippen LogP contribution in [0, 0.1) is 0 Å². The van der Waals surface area contributed by atoms with Gasteiger partial charge in [0.1, 0.15) is 11.5 Å². The van der Waals surface area contributed by atoms with E-state index in [1.807, 2.05) is 55.2 Å². The van der Waals surface area contributed by atoms with Crippen molar-refractivity contribution in [2.75, 3.05) is 13.7 Å². The van der Waals surface area contributed by atoms with Crippen LogP contribution in [0.15, 0.2) is 89.7 Å². The molecule has 4 heteroatoms. The van der Waals surface area contributed by atoms with Crippen molar-refractivity contribution < 1.29 is 9.05 Å². The van der Waals surface area contributed by atoms with Crippen LogP contribution in [0.1, 0.15) is 0 Å². The third-order valence-corrected chi connectivity index (χ3v) is 6.18. The molecule has 0 bridgehead atoms. The molecule has 0 saturated heterocycles. The first kappa shape index (κ1) is 16.7. The van der Waals surface area contributed by atoms with Gasteiger partial charge in [0.05, 0.1) is 0 Å². The molecule has 0 N–H and O–H groups in total. The van der Waals surface area contributed by atoms with E-state index in [9.17, 15) is 0 Å². The smallest absolute Gasteiger partial charge is 0.310 e. The molecule has 4 aromatic rings. The van der Waals surface area contributed by atoms with Crippen molar-refractivity contribution in [3.05, 3.63) is 84.9 Å². The topological polar surface area (TPSA) is 30.8 Å². The summed E-state index contributed by atoms with van der Waals surface area (Å²) in [5, 5.41) is 4.64. The van der Waals surface area contributed by atoms with E-state index in [1.165, 1.54) is 10.8 Å². The summed E-state index contributed by atoms with van der Waals surface area (Å²) in [4.78, 5) is 0. The molecule has 0 aromatic heterocycles. The Balaban J connectivity index is 1.63. The van der Waals surface area contributed by atoms with E-state index in [4.69, 9.17) is 9.05 Å². The third kappa shape index (κ3) is 3.44. The minimum atomic E-state index is -2.43. The van der Waals surface area contributed by atoms with Crippen LogP contribution in [0.4, 0.5) is 0 Å². The SMILES string of the molecule is CN=P(C)(Oc1ccc2ccccc2c1)Oc1ccc2ccccc2c1. The molecule has 0 radical (unpaired) electrons. The summed E-state index contributed by atoms with van der Waals surface area (Å²) in [6.45, 7) is 1.93. The van der Waals surface area contributed by atoms with Crippen LogP contribution in [-0.4, -0.2) is 13.7 Å². The fraction of sp³-hybridized carbons (Fsp3) is 0.0909. The molecule has 0 heterocycles. The Hall–Kier alpha value is -2.77. The van der Waals surface area contributed by atoms with Crippen molar-refractivity contribution in [3.8, 4) is 11.5 Å². The summed E-state index contributed by atoms with van der Waals surface area (Å²) < 4.78 is 16.8. The highest BCUT2D eigenvalue weighted by Gasteiger charge is 2.18. The maximum atomic E-state index is 6.20. The number of hydrogen-bond acceptors (Lipinski definition) is 3. The Bertz CT molecular complexity index is 1050. The standard InChI is InChI=1S/C22H20NO2P/c1-23-26(2,24-21-13-11-17-7-3-5-9-19(17)15-21)25-22-14-12-18-8-4-6-10-20(18)16-22/h3-16H,1-2H3. The molecule has 0 saturated carbocycles. The minimum Gasteiger partial charge on any atom is -0.430 e. The maximum Gasteiger partial charge on any atom is 0.310 e. The average Bonchev–Trinajstić information content (AvgIpc) is 2.68. The highest BCUT2D eigenvalue weighted by molar-refractivity contribution is 7.56. The number of rotatable bonds is 4. The molecule has 0 aliphatic carbocycles. The number of hydrogen-bond donors (Lipinski definition) is 0. The molecule has 0 atom stereocenters. The molecule has 130 valence electrons. The van der Waals surface area contributed by atoms with Crippen LogP contribution < -0.4 is 9.05 Å². The lowest BCUT2D eigenvalue weighted by atomic mass is 10.1. The highest BCUT2D eigenvalue weighted by atomic mass is 31.2. The first-order chi connectivity index (χ1) is 12.6. The molecular weight excluding hydrogens is 341 g/mol. The lowest BCUT2D eigenvalue weighted by molar-refractivity contribution is 0.482. The van der Waals surface area contributed by atoms with E-state index in [-0.39, 0.29) is 0 Å². The second kappa shape index (κ2) is 6.86. The average molecular weight is 361 g/mol. The monoisotopic (exact) mass is 361 g/mol. The van der Waals surface area contributed by atoms with E-state index in [2.05, 4.69) is 41.1 Å². The van der Waals surface area contributed by atoms with E-state index in [1.54, 1.807) is 7.05 Å². The largest absolute Gasteiger partial charge is 0.430 e. The van der Waals surface area contributed by atoms with E-state index >= 15 is 0 Å². The van der Waals surface area contributed by atoms with Crippen molar-refractivity contribution in [2.24, 2.45) is 4.74 Å². The predicted octanol–water partition coefficient (Wildman–Crippen LogP) is 6.74. The molecule has 4 aromatic carbocycles. The number of benzene rings is 4. The van der Waals surface area contributed by atoms with Crippen molar-refractivity contribution in [3.63, 3.8) is 0 Å². The zero-order valence-corrected chi connectivity index (χ0v) is 15.7. The van der Waals surface area contributed by atoms with Crippen LogP contribution in [0.5, 0.6) is 11.5 Å². The van der Waals surface area contributed by atoms with Gasteiger partial charge in [-0.2, -0.15) is 0 Å². The quantitative estimate of drug-likeness (QED) is 0.377. The summed E-state index contributed by atoms with van der Waals surface area (Å²) in [7, 11) is -0.679. The van der Waals surface area contributed by atoms with Gasteiger partial charge in [0.15, 0.2) is 0 Å². The second-order valence-electron chi connectivity index (χ2n) is 6.20. The minimum absolute atomic E-state index is 0.769. The van der Waals surface area contributed by atoms with Crippen LogP contribution in [0.3, 0.4) is 0 Å². The van der Waals surface area contributed by atoms with Crippen molar-refractivity contribution in [2.45, 2.75) is 0 Å². The van der Waals surface area contributed by atoms with Gasteiger partial charge in [-0.25, -0.2) is 4.74 Å². The molecule has 4 rings (SSSR count). The van der Waals surface area contributed by atoms with Gasteiger partial charge in [-0.15, -0.1) is 0 Å². The van der Waals surface area contributed by atoms with E-state index in [0.29, 0.717) is 0 Å². The summed E-state index contributed by atoms with van der Waals surface area (Å²) in [5.74, 6) is 1.54. The molecule has 0 unspecified atom stereocenters. The van der Waals surface area contributed by atoms with Crippen LogP contribution >= 0.6 is 7.51 Å². The van der Waals surface area contributed by atoms with Crippen LogP contribution in [-0.2, 0) is 0 Å². The lowest BCUT2D eigenvalue weighted by Crippen LogP contribution is -2.00. The zero-order valence-electron chi connectivity index (χ0n) is 14.8. The lowest BCUT2D eigenvalue weighted by Gasteiger charge is -2.22. The Kier molecular flexibility index (Phi) is 4.40. The Labute approximate surface area is 153 Å². The van der Waals surface area contributed by atoms with Gasteiger partial charge in [-0.3, -0.25) is 0 Å². The number of nitrogens with zero attached hydrogens (tertiary/aromatic N) is 1. The Morgan fingerprint density at radius 2 is 1.04 bits per heavy atom. The summed E-state index contributed by atoms with van der Waals surface area (Å²) in [6.07, 6.45) is 0. The normalized spacial score (nSPS) is 11.5. The van der Waals surface area contributed by atoms with Gasteiger partial charge in [-0.05, 0) is 45.8 Å². The summed E-state index contributed by atoms with van der Waals surface area (Å²) >= 11 is 0. The summed E-state index contributed by atoms with van der Waals surface area (Å²) in [5.41, 5.74) is 0. The first-order valence-electron chi connectivity index (χ1n) is 8.50. The fourth-order valence-electron chi connectivity index (χ4n) is 2.94. The summed E-state index contributed by atoms with van der Waals surface area (Å²) in [6, 6.07) is 28.5.